The van der Waals surface area contributed by atoms with Crippen LogP contribution in [0.3, 0.4) is 0 Å². The fourth-order valence-electron chi connectivity index (χ4n) is 2.87. The van der Waals surface area contributed by atoms with Gasteiger partial charge in [-0.2, -0.15) is 0 Å². The molecule has 0 aromatic carbocycles. The molecule has 1 rings (SSSR count). The number of aliphatic hydroxyl groups is 1. The summed E-state index contributed by atoms with van der Waals surface area (Å²) in [6.45, 7) is 6.87. The lowest BCUT2D eigenvalue weighted by atomic mass is 9.96. The van der Waals surface area contributed by atoms with Gasteiger partial charge in [0.05, 0.1) is 30.9 Å². The van der Waals surface area contributed by atoms with E-state index in [4.69, 9.17) is 14.6 Å². The van der Waals surface area contributed by atoms with E-state index in [0.29, 0.717) is 6.42 Å². The van der Waals surface area contributed by atoms with Crippen LogP contribution in [0.1, 0.15) is 53.4 Å². The van der Waals surface area contributed by atoms with E-state index >= 15 is 0 Å². The second-order valence-electron chi connectivity index (χ2n) is 8.44. The molecule has 0 saturated carbocycles. The summed E-state index contributed by atoms with van der Waals surface area (Å²) in [4.78, 5) is 49.0. The Kier molecular flexibility index (Phi) is 10.5. The van der Waals surface area contributed by atoms with E-state index in [0.717, 1.165) is 0 Å². The Morgan fingerprint density at radius 3 is 2.43 bits per heavy atom. The van der Waals surface area contributed by atoms with Crippen LogP contribution in [0.4, 0.5) is 0 Å². The van der Waals surface area contributed by atoms with E-state index in [1.54, 1.807) is 39.8 Å². The largest absolute Gasteiger partial charge is 0.463 e. The van der Waals surface area contributed by atoms with Crippen molar-refractivity contribution in [2.45, 2.75) is 65.0 Å². The van der Waals surface area contributed by atoms with Crippen molar-refractivity contribution >= 4 is 23.8 Å². The standard InChI is InChI=1S/C21H34N2O7/c1-14-13-29-20(28)16(12-18(26)30-21(2,3)4)8-6-5-7-15(19(27)23-14)11-17(25)22-9-10-24/h5-6,14-16,24H,7-13H2,1-4H3,(H,22,25)(H,23,27)/b6-5-/t14-,15+,16+/m1/s1. The molecule has 0 saturated heterocycles. The number of allylic oxidation sites excluding steroid dienone is 2. The van der Waals surface area contributed by atoms with E-state index in [2.05, 4.69) is 10.6 Å². The highest BCUT2D eigenvalue weighted by Gasteiger charge is 2.28. The van der Waals surface area contributed by atoms with Crippen molar-refractivity contribution in [1.29, 1.82) is 0 Å². The third-order valence-corrected chi connectivity index (χ3v) is 4.28. The number of amides is 2. The monoisotopic (exact) mass is 426 g/mol. The molecule has 3 atom stereocenters. The summed E-state index contributed by atoms with van der Waals surface area (Å²) in [6, 6.07) is -0.449. The lowest BCUT2D eigenvalue weighted by Crippen LogP contribution is -2.42. The van der Waals surface area contributed by atoms with E-state index < -0.39 is 35.4 Å². The molecule has 0 radical (unpaired) electrons. The van der Waals surface area contributed by atoms with Crippen LogP contribution in [0.15, 0.2) is 12.2 Å². The van der Waals surface area contributed by atoms with Crippen molar-refractivity contribution in [3.8, 4) is 0 Å². The van der Waals surface area contributed by atoms with E-state index in [-0.39, 0.29) is 50.8 Å². The zero-order valence-electron chi connectivity index (χ0n) is 18.2. The summed E-state index contributed by atoms with van der Waals surface area (Å²) < 4.78 is 10.6. The van der Waals surface area contributed by atoms with Gasteiger partial charge in [0.15, 0.2) is 0 Å². The summed E-state index contributed by atoms with van der Waals surface area (Å²) in [6.07, 6.45) is 3.88. The maximum atomic E-state index is 12.5. The summed E-state index contributed by atoms with van der Waals surface area (Å²) >= 11 is 0. The molecule has 1 heterocycles. The Hall–Kier alpha value is -2.42. The Morgan fingerprint density at radius 1 is 1.20 bits per heavy atom. The first-order valence-electron chi connectivity index (χ1n) is 10.2. The number of hydrogen-bond donors (Lipinski definition) is 3. The molecule has 0 aromatic rings. The molecule has 0 fully saturated rings. The van der Waals surface area contributed by atoms with Crippen LogP contribution in [0.5, 0.6) is 0 Å². The van der Waals surface area contributed by atoms with Crippen molar-refractivity contribution in [2.75, 3.05) is 19.8 Å². The molecule has 1 aliphatic rings. The molecule has 3 N–H and O–H groups in total. The first-order valence-corrected chi connectivity index (χ1v) is 10.2. The molecule has 0 aromatic heterocycles. The number of nitrogens with one attached hydrogen (secondary N) is 2. The van der Waals surface area contributed by atoms with Gasteiger partial charge < -0.3 is 25.2 Å². The summed E-state index contributed by atoms with van der Waals surface area (Å²) in [5, 5.41) is 14.1. The molecule has 170 valence electrons. The second-order valence-corrected chi connectivity index (χ2v) is 8.44. The van der Waals surface area contributed by atoms with Crippen LogP contribution >= 0.6 is 0 Å². The van der Waals surface area contributed by atoms with Gasteiger partial charge in [0.25, 0.3) is 0 Å². The highest BCUT2D eigenvalue weighted by atomic mass is 16.6. The Balaban J connectivity index is 2.85. The lowest BCUT2D eigenvalue weighted by molar-refractivity contribution is -0.161. The molecule has 30 heavy (non-hydrogen) atoms. The Morgan fingerprint density at radius 2 is 1.83 bits per heavy atom. The average Bonchev–Trinajstić information content (AvgIpc) is 2.63. The Labute approximate surface area is 177 Å². The van der Waals surface area contributed by atoms with E-state index in [9.17, 15) is 19.2 Å². The number of carbonyl (C=O) groups excluding carboxylic acids is 4. The van der Waals surface area contributed by atoms with Crippen molar-refractivity contribution in [1.82, 2.24) is 10.6 Å². The van der Waals surface area contributed by atoms with Gasteiger partial charge in [-0.1, -0.05) is 12.2 Å². The Bertz CT molecular complexity index is 640. The van der Waals surface area contributed by atoms with Crippen LogP contribution in [-0.4, -0.2) is 60.3 Å². The molecule has 0 spiro atoms. The highest BCUT2D eigenvalue weighted by Crippen LogP contribution is 2.19. The molecule has 9 heteroatoms. The van der Waals surface area contributed by atoms with Gasteiger partial charge in [-0.15, -0.1) is 0 Å². The first-order chi connectivity index (χ1) is 14.0. The minimum Gasteiger partial charge on any atom is -0.463 e. The molecule has 0 aliphatic carbocycles. The first kappa shape index (κ1) is 25.6. The van der Waals surface area contributed by atoms with Gasteiger partial charge in [0, 0.05) is 13.0 Å². The maximum Gasteiger partial charge on any atom is 0.309 e. The van der Waals surface area contributed by atoms with Gasteiger partial charge in [-0.25, -0.2) is 0 Å². The molecule has 9 nitrogen and oxygen atoms in total. The van der Waals surface area contributed by atoms with Crippen molar-refractivity contribution in [3.05, 3.63) is 12.2 Å². The number of cyclic esters (lactones) is 1. The number of carbonyl (C=O) groups is 4. The average molecular weight is 427 g/mol. The summed E-state index contributed by atoms with van der Waals surface area (Å²) in [5.74, 6) is -2.93. The fraction of sp³-hybridized carbons (Fsp3) is 0.714. The lowest BCUT2D eigenvalue weighted by Gasteiger charge is -2.23. The highest BCUT2D eigenvalue weighted by molar-refractivity contribution is 5.86. The number of rotatable bonds is 6. The molecule has 2 amide bonds. The zero-order chi connectivity index (χ0) is 22.7. The van der Waals surface area contributed by atoms with Gasteiger partial charge >= 0.3 is 11.9 Å². The zero-order valence-corrected chi connectivity index (χ0v) is 18.2. The quantitative estimate of drug-likeness (QED) is 0.424. The van der Waals surface area contributed by atoms with Crippen molar-refractivity contribution < 1.29 is 33.8 Å². The number of esters is 2. The molecule has 0 bridgehead atoms. The predicted molar refractivity (Wildman–Crippen MR) is 109 cm³/mol. The van der Waals surface area contributed by atoms with Gasteiger partial charge in [0.2, 0.25) is 11.8 Å². The summed E-state index contributed by atoms with van der Waals surface area (Å²) in [7, 11) is 0. The topological polar surface area (TPSA) is 131 Å². The van der Waals surface area contributed by atoms with Crippen LogP contribution in [0.2, 0.25) is 0 Å². The normalized spacial score (nSPS) is 24.5. The smallest absolute Gasteiger partial charge is 0.309 e. The van der Waals surface area contributed by atoms with Gasteiger partial charge in [0.1, 0.15) is 12.2 Å². The SMILES string of the molecule is C[C@@H]1COC(=O)[C@H](CC(=O)OC(C)(C)C)C/C=C\C[C@@H](CC(=O)NCCO)C(=O)N1. The van der Waals surface area contributed by atoms with Crippen LogP contribution in [0, 0.1) is 11.8 Å². The maximum absolute atomic E-state index is 12.5. The number of hydrogen-bond acceptors (Lipinski definition) is 7. The second kappa shape index (κ2) is 12.3. The van der Waals surface area contributed by atoms with Crippen LogP contribution in [0.25, 0.3) is 0 Å². The minimum atomic E-state index is -0.690. The molecule has 1 aliphatic heterocycles. The summed E-state index contributed by atoms with van der Waals surface area (Å²) in [5.41, 5.74) is -0.648. The third kappa shape index (κ3) is 10.4. The van der Waals surface area contributed by atoms with Gasteiger partial charge in [-0.05, 0) is 40.5 Å². The fourth-order valence-corrected chi connectivity index (χ4v) is 2.87. The number of ether oxygens (including phenoxy) is 2. The molecular formula is C21H34N2O7. The van der Waals surface area contributed by atoms with Crippen LogP contribution in [-0.2, 0) is 28.7 Å². The minimum absolute atomic E-state index is 0.0238. The van der Waals surface area contributed by atoms with E-state index in [1.807, 2.05) is 0 Å². The van der Waals surface area contributed by atoms with Crippen molar-refractivity contribution in [2.24, 2.45) is 11.8 Å². The molecular weight excluding hydrogens is 392 g/mol. The predicted octanol–water partition coefficient (Wildman–Crippen LogP) is 0.847. The third-order valence-electron chi connectivity index (χ3n) is 4.28. The van der Waals surface area contributed by atoms with E-state index in [1.165, 1.54) is 0 Å². The number of aliphatic hydroxyl groups excluding tert-OH is 1. The van der Waals surface area contributed by atoms with Crippen LogP contribution < -0.4 is 10.6 Å². The molecule has 0 unspecified atom stereocenters. The van der Waals surface area contributed by atoms with Crippen molar-refractivity contribution in [3.63, 3.8) is 0 Å². The van der Waals surface area contributed by atoms with Gasteiger partial charge in [-0.3, -0.25) is 19.2 Å².